The summed E-state index contributed by atoms with van der Waals surface area (Å²) in [4.78, 5) is 16.1. The molecule has 4 rings (SSSR count). The van der Waals surface area contributed by atoms with Gasteiger partial charge in [-0.2, -0.15) is 9.78 Å². The molecule has 2 N–H and O–H groups in total. The summed E-state index contributed by atoms with van der Waals surface area (Å²) in [6.45, 7) is 3.16. The molecule has 1 saturated heterocycles. The molecule has 0 amide bonds. The van der Waals surface area contributed by atoms with Crippen LogP contribution in [0.3, 0.4) is 0 Å². The van der Waals surface area contributed by atoms with E-state index in [1.165, 1.54) is 23.9 Å². The van der Waals surface area contributed by atoms with Crippen LogP contribution >= 0.6 is 11.6 Å². The zero-order valence-electron chi connectivity index (χ0n) is 14.9. The number of halogens is 1. The molecule has 1 aromatic carbocycles. The third-order valence-corrected chi connectivity index (χ3v) is 5.53. The summed E-state index contributed by atoms with van der Waals surface area (Å²) in [6, 6.07) is 7.74. The Bertz CT molecular complexity index is 922. The highest BCUT2D eigenvalue weighted by Crippen LogP contribution is 2.26. The number of hydrogen-bond donors (Lipinski definition) is 2. The van der Waals surface area contributed by atoms with Crippen molar-refractivity contribution in [2.24, 2.45) is 0 Å². The van der Waals surface area contributed by atoms with E-state index >= 15 is 0 Å². The van der Waals surface area contributed by atoms with Gasteiger partial charge in [0.25, 0.3) is 5.56 Å². The second-order valence-electron chi connectivity index (χ2n) is 7.03. The van der Waals surface area contributed by atoms with E-state index in [0.29, 0.717) is 16.6 Å². The Morgan fingerprint density at radius 3 is 2.81 bits per heavy atom. The monoisotopic (exact) mass is 370 g/mol. The second kappa shape index (κ2) is 7.25. The summed E-state index contributed by atoms with van der Waals surface area (Å²) in [6.07, 6.45) is 7.54. The van der Waals surface area contributed by atoms with Crippen molar-refractivity contribution in [3.63, 3.8) is 0 Å². The fraction of sp³-hybridized carbons (Fsp3) is 0.400. The van der Waals surface area contributed by atoms with Gasteiger partial charge in [0.1, 0.15) is 5.69 Å². The van der Waals surface area contributed by atoms with E-state index in [9.17, 15) is 4.79 Å². The molecule has 3 heterocycles. The summed E-state index contributed by atoms with van der Waals surface area (Å²) in [7, 11) is 0. The van der Waals surface area contributed by atoms with Crippen LogP contribution in [0.5, 0.6) is 0 Å². The van der Waals surface area contributed by atoms with Gasteiger partial charge in [-0.05, 0) is 69.0 Å². The van der Waals surface area contributed by atoms with Gasteiger partial charge in [-0.1, -0.05) is 18.0 Å². The second-order valence-corrected chi connectivity index (χ2v) is 7.47. The van der Waals surface area contributed by atoms with Crippen molar-refractivity contribution < 1.29 is 0 Å². The Morgan fingerprint density at radius 2 is 2.08 bits per heavy atom. The van der Waals surface area contributed by atoms with Crippen molar-refractivity contribution in [2.75, 3.05) is 6.54 Å². The number of benzene rings is 1. The van der Waals surface area contributed by atoms with E-state index in [-0.39, 0.29) is 5.56 Å². The van der Waals surface area contributed by atoms with Crippen molar-refractivity contribution in [3.8, 4) is 16.9 Å². The lowest BCUT2D eigenvalue weighted by molar-refractivity contribution is 0.382. The quantitative estimate of drug-likeness (QED) is 0.736. The average molecular weight is 371 g/mol. The summed E-state index contributed by atoms with van der Waals surface area (Å²) in [5.74, 6) is 0. The first kappa shape index (κ1) is 17.3. The Kier molecular flexibility index (Phi) is 4.83. The van der Waals surface area contributed by atoms with Crippen molar-refractivity contribution >= 4 is 11.6 Å². The van der Waals surface area contributed by atoms with Crippen LogP contribution in [-0.2, 0) is 6.42 Å². The van der Waals surface area contributed by atoms with Gasteiger partial charge < -0.3 is 10.3 Å². The van der Waals surface area contributed by atoms with Crippen LogP contribution in [0.15, 0.2) is 35.3 Å². The van der Waals surface area contributed by atoms with Crippen LogP contribution in [-0.4, -0.2) is 27.4 Å². The van der Waals surface area contributed by atoms with Gasteiger partial charge in [-0.15, -0.1) is 0 Å². The van der Waals surface area contributed by atoms with Gasteiger partial charge in [0, 0.05) is 23.0 Å². The van der Waals surface area contributed by atoms with E-state index in [0.717, 1.165) is 42.0 Å². The van der Waals surface area contributed by atoms with Crippen molar-refractivity contribution in [1.82, 2.24) is 20.1 Å². The van der Waals surface area contributed by atoms with Crippen molar-refractivity contribution in [3.05, 3.63) is 57.1 Å². The van der Waals surface area contributed by atoms with Crippen LogP contribution in [0, 0.1) is 6.92 Å². The fourth-order valence-corrected chi connectivity index (χ4v) is 3.89. The maximum atomic E-state index is 12.8. The van der Waals surface area contributed by atoms with Crippen LogP contribution < -0.4 is 10.9 Å². The molecule has 6 heteroatoms. The zero-order valence-corrected chi connectivity index (χ0v) is 15.6. The highest BCUT2D eigenvalue weighted by molar-refractivity contribution is 6.30. The van der Waals surface area contributed by atoms with Crippen molar-refractivity contribution in [1.29, 1.82) is 0 Å². The molecule has 3 aliphatic heterocycles. The molecule has 1 unspecified atom stereocenters. The standard InChI is InChI=1S/C20H23ClN4O/c1-13-17(10-7-15-4-2-3-11-22-15)19-18(12-23-13)20(26)25(24-19)16-8-5-14(21)6-9-16/h5-6,8-9,12,15,22-23H,2-4,7,10-11H2,1H3. The first-order valence-corrected chi connectivity index (χ1v) is 9.60. The maximum Gasteiger partial charge on any atom is 0.282 e. The molecule has 3 aliphatic rings. The van der Waals surface area contributed by atoms with Crippen LogP contribution in [0.2, 0.25) is 5.02 Å². The summed E-state index contributed by atoms with van der Waals surface area (Å²) in [5.41, 5.74) is 4.28. The third-order valence-electron chi connectivity index (χ3n) is 5.28. The Labute approximate surface area is 157 Å². The minimum Gasteiger partial charge on any atom is -0.364 e. The van der Waals surface area contributed by atoms with Crippen LogP contribution in [0.25, 0.3) is 16.9 Å². The third kappa shape index (κ3) is 3.29. The number of H-pyrrole nitrogens is 1. The van der Waals surface area contributed by atoms with Gasteiger partial charge in [0.2, 0.25) is 0 Å². The lowest BCUT2D eigenvalue weighted by atomic mass is 9.95. The normalized spacial score (nSPS) is 17.7. The Hall–Kier alpha value is -2.11. The summed E-state index contributed by atoms with van der Waals surface area (Å²) < 4.78 is 1.47. The van der Waals surface area contributed by atoms with E-state index in [2.05, 4.69) is 22.3 Å². The SMILES string of the molecule is Cc1[nH]cc2c(=O)n(-c3ccc(Cl)cc3)nc-2c1CCC1CCCCN1. The number of aryl methyl sites for hydroxylation is 1. The first-order chi connectivity index (χ1) is 12.6. The molecule has 136 valence electrons. The number of aromatic amines is 1. The number of pyridine rings is 1. The van der Waals surface area contributed by atoms with E-state index in [1.54, 1.807) is 18.3 Å². The molecule has 0 saturated carbocycles. The summed E-state index contributed by atoms with van der Waals surface area (Å²) in [5, 5.41) is 8.89. The molecule has 0 spiro atoms. The lowest BCUT2D eigenvalue weighted by Gasteiger charge is -2.23. The molecule has 0 bridgehead atoms. The highest BCUT2D eigenvalue weighted by atomic mass is 35.5. The van der Waals surface area contributed by atoms with Gasteiger partial charge in [-0.3, -0.25) is 4.79 Å². The number of rotatable bonds is 4. The molecule has 5 nitrogen and oxygen atoms in total. The molecular formula is C20H23ClN4O. The minimum atomic E-state index is -0.101. The first-order valence-electron chi connectivity index (χ1n) is 9.22. The number of piperidine rings is 1. The largest absolute Gasteiger partial charge is 0.364 e. The van der Waals surface area contributed by atoms with Gasteiger partial charge >= 0.3 is 0 Å². The lowest BCUT2D eigenvalue weighted by Crippen LogP contribution is -2.34. The van der Waals surface area contributed by atoms with E-state index < -0.39 is 0 Å². The molecule has 26 heavy (non-hydrogen) atoms. The zero-order chi connectivity index (χ0) is 18.1. The van der Waals surface area contributed by atoms with E-state index in [4.69, 9.17) is 11.6 Å². The molecule has 0 radical (unpaired) electrons. The molecular weight excluding hydrogens is 348 g/mol. The van der Waals surface area contributed by atoms with Gasteiger partial charge in [-0.25, -0.2) is 0 Å². The molecule has 1 fully saturated rings. The van der Waals surface area contributed by atoms with Crippen molar-refractivity contribution in [2.45, 2.75) is 45.1 Å². The predicted octanol–water partition coefficient (Wildman–Crippen LogP) is 3.70. The average Bonchev–Trinajstić information content (AvgIpc) is 2.99. The van der Waals surface area contributed by atoms with Crippen LogP contribution in [0.1, 0.15) is 36.9 Å². The van der Waals surface area contributed by atoms with Gasteiger partial charge in [0.15, 0.2) is 0 Å². The molecule has 0 aromatic heterocycles. The van der Waals surface area contributed by atoms with Crippen LogP contribution in [0.4, 0.5) is 0 Å². The Balaban J connectivity index is 1.69. The topological polar surface area (TPSA) is 62.7 Å². The molecule has 1 aromatic rings. The molecule has 0 aliphatic carbocycles. The predicted molar refractivity (Wildman–Crippen MR) is 105 cm³/mol. The number of nitrogens with one attached hydrogen (secondary N) is 2. The Morgan fingerprint density at radius 1 is 1.27 bits per heavy atom. The number of aromatic nitrogens is 3. The number of nitrogens with zero attached hydrogens (tertiary/aromatic N) is 2. The number of fused-ring (bicyclic) bond motifs is 1. The molecule has 1 atom stereocenters. The smallest absolute Gasteiger partial charge is 0.282 e. The summed E-state index contributed by atoms with van der Waals surface area (Å²) >= 11 is 5.96. The van der Waals surface area contributed by atoms with Gasteiger partial charge in [0.05, 0.1) is 11.3 Å². The highest BCUT2D eigenvalue weighted by Gasteiger charge is 2.22. The minimum absolute atomic E-state index is 0.101. The fourth-order valence-electron chi connectivity index (χ4n) is 3.76. The number of hydrogen-bond acceptors (Lipinski definition) is 3. The van der Waals surface area contributed by atoms with E-state index in [1.807, 2.05) is 12.1 Å². The maximum absolute atomic E-state index is 12.8.